The monoisotopic (exact) mass is 376 g/mol. The number of benzene rings is 3. The van der Waals surface area contributed by atoms with E-state index < -0.39 is 0 Å². The van der Waals surface area contributed by atoms with Crippen LogP contribution in [0, 0.1) is 0 Å². The molecule has 0 radical (unpaired) electrons. The van der Waals surface area contributed by atoms with Gasteiger partial charge in [-0.2, -0.15) is 5.21 Å². The lowest BCUT2D eigenvalue weighted by Crippen LogP contribution is -1.97. The Balaban J connectivity index is 1.45. The Morgan fingerprint density at radius 3 is 2.70 bits per heavy atom. The average molecular weight is 377 g/mol. The molecule has 0 spiro atoms. The number of furan rings is 1. The van der Waals surface area contributed by atoms with Gasteiger partial charge in [-0.25, -0.2) is 0 Å². The van der Waals surface area contributed by atoms with Crippen molar-refractivity contribution in [1.82, 2.24) is 20.6 Å². The van der Waals surface area contributed by atoms with Crippen LogP contribution in [0.4, 0.5) is 0 Å². The van der Waals surface area contributed by atoms with Crippen LogP contribution in [0.15, 0.2) is 65.1 Å². The van der Waals surface area contributed by atoms with Crippen molar-refractivity contribution >= 4 is 33.3 Å². The predicted octanol–water partition coefficient (Wildman–Crippen LogP) is 5.00. The van der Waals surface area contributed by atoms with E-state index in [1.807, 2.05) is 54.6 Å². The maximum Gasteiger partial charge on any atom is 0.211 e. The lowest BCUT2D eigenvalue weighted by molar-refractivity contribution is 0.296. The maximum atomic E-state index is 6.06. The van der Waals surface area contributed by atoms with E-state index >= 15 is 0 Å². The molecule has 0 atom stereocenters. The standard InChI is InChI=1S/C20H13ClN4O2/c21-16-4-6-18-15(8-16)10-19(27-18)14-2-1-13-9-17(5-3-12(13)7-14)26-11-20-22-24-25-23-20/h1-10H,11H2,(H,22,23,24,25). The third-order valence-corrected chi connectivity index (χ3v) is 4.57. The summed E-state index contributed by atoms with van der Waals surface area (Å²) in [6, 6.07) is 19.7. The molecule has 2 aromatic heterocycles. The van der Waals surface area contributed by atoms with Crippen LogP contribution in [0.25, 0.3) is 33.1 Å². The quantitative estimate of drug-likeness (QED) is 0.477. The van der Waals surface area contributed by atoms with Gasteiger partial charge in [-0.15, -0.1) is 10.2 Å². The van der Waals surface area contributed by atoms with Gasteiger partial charge in [-0.3, -0.25) is 0 Å². The number of halogens is 1. The fourth-order valence-corrected chi connectivity index (χ4v) is 3.20. The number of aromatic amines is 1. The number of fused-ring (bicyclic) bond motifs is 2. The fraction of sp³-hybridized carbons (Fsp3) is 0.0500. The molecule has 27 heavy (non-hydrogen) atoms. The minimum atomic E-state index is 0.266. The molecule has 1 N–H and O–H groups in total. The Morgan fingerprint density at radius 2 is 1.81 bits per heavy atom. The molecule has 0 aliphatic carbocycles. The summed E-state index contributed by atoms with van der Waals surface area (Å²) in [5, 5.41) is 17.5. The second kappa shape index (κ2) is 6.41. The summed E-state index contributed by atoms with van der Waals surface area (Å²) in [5.74, 6) is 2.07. The number of H-pyrrole nitrogens is 1. The summed E-state index contributed by atoms with van der Waals surface area (Å²) < 4.78 is 11.7. The molecule has 0 bridgehead atoms. The second-order valence-corrected chi connectivity index (χ2v) is 6.57. The second-order valence-electron chi connectivity index (χ2n) is 6.13. The van der Waals surface area contributed by atoms with Crippen LogP contribution >= 0.6 is 11.6 Å². The zero-order chi connectivity index (χ0) is 18.2. The van der Waals surface area contributed by atoms with E-state index in [4.69, 9.17) is 20.8 Å². The molecule has 2 heterocycles. The summed E-state index contributed by atoms with van der Waals surface area (Å²) in [6.45, 7) is 0.266. The molecule has 0 unspecified atom stereocenters. The molecule has 5 aromatic rings. The molecule has 0 aliphatic heterocycles. The van der Waals surface area contributed by atoms with Crippen LogP contribution in [0.1, 0.15) is 5.82 Å². The summed E-state index contributed by atoms with van der Waals surface area (Å²) in [5.41, 5.74) is 1.83. The zero-order valence-electron chi connectivity index (χ0n) is 14.0. The first-order valence-electron chi connectivity index (χ1n) is 8.33. The minimum Gasteiger partial charge on any atom is -0.485 e. The lowest BCUT2D eigenvalue weighted by Gasteiger charge is -2.06. The Labute approximate surface area is 158 Å². The van der Waals surface area contributed by atoms with Gasteiger partial charge < -0.3 is 9.15 Å². The van der Waals surface area contributed by atoms with Crippen LogP contribution in [0.3, 0.4) is 0 Å². The van der Waals surface area contributed by atoms with Crippen molar-refractivity contribution in [2.75, 3.05) is 0 Å². The van der Waals surface area contributed by atoms with Gasteiger partial charge in [-0.1, -0.05) is 35.0 Å². The Hall–Kier alpha value is -3.38. The van der Waals surface area contributed by atoms with E-state index in [-0.39, 0.29) is 6.61 Å². The van der Waals surface area contributed by atoms with Crippen LogP contribution in [-0.4, -0.2) is 20.6 Å². The first-order valence-corrected chi connectivity index (χ1v) is 8.71. The number of tetrazole rings is 1. The van der Waals surface area contributed by atoms with Crippen molar-refractivity contribution in [3.8, 4) is 17.1 Å². The Bertz CT molecular complexity index is 1250. The molecule has 7 heteroatoms. The molecule has 132 valence electrons. The van der Waals surface area contributed by atoms with E-state index in [0.717, 1.165) is 38.8 Å². The predicted molar refractivity (Wildman–Crippen MR) is 103 cm³/mol. The van der Waals surface area contributed by atoms with Crippen LogP contribution in [0.2, 0.25) is 5.02 Å². The summed E-state index contributed by atoms with van der Waals surface area (Å²) in [7, 11) is 0. The molecule has 6 nitrogen and oxygen atoms in total. The van der Waals surface area contributed by atoms with Crippen LogP contribution in [0.5, 0.6) is 5.75 Å². The first-order chi connectivity index (χ1) is 13.2. The minimum absolute atomic E-state index is 0.266. The summed E-state index contributed by atoms with van der Waals surface area (Å²) >= 11 is 6.06. The van der Waals surface area contributed by atoms with Gasteiger partial charge in [0.05, 0.1) is 0 Å². The molecule has 5 rings (SSSR count). The van der Waals surface area contributed by atoms with Crippen LogP contribution < -0.4 is 4.74 Å². The molecule has 3 aromatic carbocycles. The van der Waals surface area contributed by atoms with E-state index in [2.05, 4.69) is 26.7 Å². The fourth-order valence-electron chi connectivity index (χ4n) is 3.01. The molecule has 0 fully saturated rings. The van der Waals surface area contributed by atoms with Crippen molar-refractivity contribution in [3.05, 3.63) is 71.5 Å². The number of hydrogen-bond acceptors (Lipinski definition) is 5. The largest absolute Gasteiger partial charge is 0.485 e. The number of hydrogen-bond donors (Lipinski definition) is 1. The van der Waals surface area contributed by atoms with E-state index in [1.165, 1.54) is 0 Å². The van der Waals surface area contributed by atoms with E-state index in [9.17, 15) is 0 Å². The number of aromatic nitrogens is 4. The van der Waals surface area contributed by atoms with Gasteiger partial charge >= 0.3 is 0 Å². The molecular formula is C20H13ClN4O2. The highest BCUT2D eigenvalue weighted by Gasteiger charge is 2.08. The molecule has 0 aliphatic rings. The van der Waals surface area contributed by atoms with Gasteiger partial charge in [0, 0.05) is 16.0 Å². The third kappa shape index (κ3) is 3.11. The van der Waals surface area contributed by atoms with Gasteiger partial charge in [0.15, 0.2) is 6.61 Å². The highest BCUT2D eigenvalue weighted by molar-refractivity contribution is 6.31. The van der Waals surface area contributed by atoms with Gasteiger partial charge in [0.1, 0.15) is 17.1 Å². The van der Waals surface area contributed by atoms with Crippen LogP contribution in [-0.2, 0) is 6.61 Å². The van der Waals surface area contributed by atoms with Crippen molar-refractivity contribution in [3.63, 3.8) is 0 Å². The highest BCUT2D eigenvalue weighted by Crippen LogP contribution is 2.32. The number of nitrogens with one attached hydrogen (secondary N) is 1. The maximum absolute atomic E-state index is 6.06. The Kier molecular flexibility index (Phi) is 3.76. The van der Waals surface area contributed by atoms with E-state index in [1.54, 1.807) is 0 Å². The lowest BCUT2D eigenvalue weighted by atomic mass is 10.1. The normalized spacial score (nSPS) is 11.3. The molecule has 0 saturated carbocycles. The van der Waals surface area contributed by atoms with Crippen molar-refractivity contribution in [2.45, 2.75) is 6.61 Å². The SMILES string of the molecule is Clc1ccc2oc(-c3ccc4cc(OCc5nn[nH]n5)ccc4c3)cc2c1. The van der Waals surface area contributed by atoms with Gasteiger partial charge in [0.25, 0.3) is 0 Å². The zero-order valence-corrected chi connectivity index (χ0v) is 14.8. The van der Waals surface area contributed by atoms with E-state index in [0.29, 0.717) is 10.8 Å². The van der Waals surface area contributed by atoms with Crippen molar-refractivity contribution < 1.29 is 9.15 Å². The van der Waals surface area contributed by atoms with Gasteiger partial charge in [0.2, 0.25) is 5.82 Å². The molecule has 0 saturated heterocycles. The number of nitrogens with zero attached hydrogens (tertiary/aromatic N) is 3. The Morgan fingerprint density at radius 1 is 0.926 bits per heavy atom. The molecular weight excluding hydrogens is 364 g/mol. The van der Waals surface area contributed by atoms with Crippen molar-refractivity contribution in [1.29, 1.82) is 0 Å². The number of ether oxygens (including phenoxy) is 1. The smallest absolute Gasteiger partial charge is 0.211 e. The first kappa shape index (κ1) is 15.8. The summed E-state index contributed by atoms with van der Waals surface area (Å²) in [4.78, 5) is 0. The average Bonchev–Trinajstić information content (AvgIpc) is 3.35. The molecule has 0 amide bonds. The van der Waals surface area contributed by atoms with Gasteiger partial charge in [-0.05, 0) is 53.2 Å². The highest BCUT2D eigenvalue weighted by atomic mass is 35.5. The van der Waals surface area contributed by atoms with Crippen molar-refractivity contribution in [2.24, 2.45) is 0 Å². The number of rotatable bonds is 4. The third-order valence-electron chi connectivity index (χ3n) is 4.33. The summed E-state index contributed by atoms with van der Waals surface area (Å²) in [6.07, 6.45) is 0. The topological polar surface area (TPSA) is 76.8 Å².